The molecule has 3 rings (SSSR count). The van der Waals surface area contributed by atoms with Crippen LogP contribution in [0, 0.1) is 0 Å². The minimum Gasteiger partial charge on any atom is -0.395 e. The molecule has 0 saturated carbocycles. The van der Waals surface area contributed by atoms with E-state index in [4.69, 9.17) is 0 Å². The molecular formula is C14H19F2N3O2. The topological polar surface area (TPSA) is 37.0 Å². The first-order valence-corrected chi connectivity index (χ1v) is 7.06. The second kappa shape index (κ2) is 5.65. The fourth-order valence-electron chi connectivity index (χ4n) is 2.49. The second-order valence-corrected chi connectivity index (χ2v) is 5.40. The summed E-state index contributed by atoms with van der Waals surface area (Å²) in [5, 5.41) is 3.22. The first kappa shape index (κ1) is 14.3. The van der Waals surface area contributed by atoms with Crippen LogP contribution in [0.3, 0.4) is 0 Å². The molecule has 21 heavy (non-hydrogen) atoms. The van der Waals surface area contributed by atoms with Gasteiger partial charge in [-0.25, -0.2) is 0 Å². The van der Waals surface area contributed by atoms with Crippen molar-refractivity contribution >= 4 is 5.69 Å². The largest absolute Gasteiger partial charge is 0.586 e. The Labute approximate surface area is 122 Å². The number of alkyl halides is 2. The second-order valence-electron chi connectivity index (χ2n) is 5.40. The molecule has 2 aliphatic rings. The third kappa shape index (κ3) is 3.54. The van der Waals surface area contributed by atoms with Gasteiger partial charge < -0.3 is 19.7 Å². The van der Waals surface area contributed by atoms with Gasteiger partial charge in [0, 0.05) is 51.0 Å². The first-order valence-electron chi connectivity index (χ1n) is 7.06. The van der Waals surface area contributed by atoms with Crippen LogP contribution < -0.4 is 14.8 Å². The van der Waals surface area contributed by atoms with Crippen molar-refractivity contribution < 1.29 is 18.3 Å². The van der Waals surface area contributed by atoms with Gasteiger partial charge in [0.15, 0.2) is 11.5 Å². The number of nitrogens with zero attached hydrogens (tertiary/aromatic N) is 2. The number of hydrogen-bond acceptors (Lipinski definition) is 5. The Balaban J connectivity index is 1.48. The zero-order valence-electron chi connectivity index (χ0n) is 11.9. The number of nitrogens with one attached hydrogen (secondary N) is 1. The highest BCUT2D eigenvalue weighted by Crippen LogP contribution is 2.42. The van der Waals surface area contributed by atoms with Crippen molar-refractivity contribution in [2.45, 2.75) is 6.29 Å². The maximum absolute atomic E-state index is 12.9. The number of anilines is 1. The Kier molecular flexibility index (Phi) is 3.86. The van der Waals surface area contributed by atoms with Crippen molar-refractivity contribution in [3.8, 4) is 11.5 Å². The highest BCUT2D eigenvalue weighted by molar-refractivity contribution is 5.55. The maximum Gasteiger partial charge on any atom is 0.586 e. The summed E-state index contributed by atoms with van der Waals surface area (Å²) in [6.45, 7) is 5.98. The molecule has 0 aromatic heterocycles. The summed E-state index contributed by atoms with van der Waals surface area (Å²) in [5.41, 5.74) is 0.754. The van der Waals surface area contributed by atoms with Gasteiger partial charge >= 0.3 is 6.29 Å². The van der Waals surface area contributed by atoms with E-state index in [1.807, 2.05) is 0 Å². The van der Waals surface area contributed by atoms with Crippen molar-refractivity contribution in [1.29, 1.82) is 0 Å². The molecule has 1 saturated heterocycles. The summed E-state index contributed by atoms with van der Waals surface area (Å²) in [7, 11) is 2.12. The number of rotatable bonds is 4. The molecule has 5 nitrogen and oxygen atoms in total. The number of piperazine rings is 1. The first-order chi connectivity index (χ1) is 10.0. The number of benzene rings is 1. The van der Waals surface area contributed by atoms with Gasteiger partial charge in [0.25, 0.3) is 0 Å². The van der Waals surface area contributed by atoms with E-state index in [0.717, 1.165) is 45.0 Å². The van der Waals surface area contributed by atoms with E-state index in [1.165, 1.54) is 6.07 Å². The normalized spacial score (nSPS) is 21.5. The van der Waals surface area contributed by atoms with Crippen molar-refractivity contribution in [2.75, 3.05) is 51.6 Å². The predicted octanol–water partition coefficient (Wildman–Crippen LogP) is 1.67. The van der Waals surface area contributed by atoms with E-state index in [9.17, 15) is 8.78 Å². The predicted molar refractivity (Wildman–Crippen MR) is 75.1 cm³/mol. The Morgan fingerprint density at radius 1 is 1.14 bits per heavy atom. The van der Waals surface area contributed by atoms with Crippen LogP contribution in [0.5, 0.6) is 11.5 Å². The van der Waals surface area contributed by atoms with Crippen LogP contribution in [-0.4, -0.2) is 62.4 Å². The molecular weight excluding hydrogens is 280 g/mol. The van der Waals surface area contributed by atoms with Crippen LogP contribution in [0.4, 0.5) is 14.5 Å². The third-order valence-corrected chi connectivity index (χ3v) is 3.75. The molecule has 1 aromatic rings. The summed E-state index contributed by atoms with van der Waals surface area (Å²) < 4.78 is 34.6. The molecule has 1 fully saturated rings. The minimum absolute atomic E-state index is 0.0737. The van der Waals surface area contributed by atoms with Crippen molar-refractivity contribution in [2.24, 2.45) is 0 Å². The van der Waals surface area contributed by atoms with Gasteiger partial charge in [0.2, 0.25) is 0 Å². The summed E-state index contributed by atoms with van der Waals surface area (Å²) >= 11 is 0. The standard InChI is InChI=1S/C14H19F2N3O2/c1-18-6-8-19(9-7-18)5-4-17-11-2-3-12-13(10-11)21-14(15,16)20-12/h2-3,10,17H,4-9H2,1H3. The van der Waals surface area contributed by atoms with Gasteiger partial charge in [-0.3, -0.25) is 4.90 Å². The molecule has 116 valence electrons. The number of fused-ring (bicyclic) bond motifs is 1. The van der Waals surface area contributed by atoms with Gasteiger partial charge in [0.05, 0.1) is 0 Å². The molecule has 0 bridgehead atoms. The fraction of sp³-hybridized carbons (Fsp3) is 0.571. The van der Waals surface area contributed by atoms with Crippen LogP contribution in [0.1, 0.15) is 0 Å². The van der Waals surface area contributed by atoms with Gasteiger partial charge in [0.1, 0.15) is 0 Å². The molecule has 1 aromatic carbocycles. The molecule has 1 N–H and O–H groups in total. The van der Waals surface area contributed by atoms with Crippen LogP contribution >= 0.6 is 0 Å². The smallest absolute Gasteiger partial charge is 0.395 e. The zero-order valence-corrected chi connectivity index (χ0v) is 11.9. The van der Waals surface area contributed by atoms with Crippen LogP contribution in [0.2, 0.25) is 0 Å². The molecule has 0 amide bonds. The monoisotopic (exact) mass is 299 g/mol. The average Bonchev–Trinajstić information content (AvgIpc) is 2.74. The summed E-state index contributed by atoms with van der Waals surface area (Å²) in [4.78, 5) is 4.69. The zero-order chi connectivity index (χ0) is 14.9. The summed E-state index contributed by atoms with van der Waals surface area (Å²) in [5.74, 6) is 0.147. The van der Waals surface area contributed by atoms with E-state index < -0.39 is 6.29 Å². The Hall–Kier alpha value is -1.60. The number of halogens is 2. The Morgan fingerprint density at radius 2 is 1.86 bits per heavy atom. The average molecular weight is 299 g/mol. The number of ether oxygens (including phenoxy) is 2. The SMILES string of the molecule is CN1CCN(CCNc2ccc3c(c2)OC(F)(F)O3)CC1. The van der Waals surface area contributed by atoms with Crippen molar-refractivity contribution in [3.05, 3.63) is 18.2 Å². The van der Waals surface area contributed by atoms with Crippen LogP contribution in [-0.2, 0) is 0 Å². The summed E-state index contributed by atoms with van der Waals surface area (Å²) in [6, 6.07) is 4.75. The van der Waals surface area contributed by atoms with E-state index in [1.54, 1.807) is 12.1 Å². The van der Waals surface area contributed by atoms with Crippen LogP contribution in [0.15, 0.2) is 18.2 Å². The van der Waals surface area contributed by atoms with Crippen molar-refractivity contribution in [3.63, 3.8) is 0 Å². The molecule has 2 heterocycles. The maximum atomic E-state index is 12.9. The lowest BCUT2D eigenvalue weighted by molar-refractivity contribution is -0.286. The molecule has 0 spiro atoms. The van der Waals surface area contributed by atoms with Gasteiger partial charge in [-0.2, -0.15) is 0 Å². The third-order valence-electron chi connectivity index (χ3n) is 3.75. The van der Waals surface area contributed by atoms with Crippen molar-refractivity contribution in [1.82, 2.24) is 9.80 Å². The number of likely N-dealkylation sites (N-methyl/N-ethyl adjacent to an activating group) is 1. The molecule has 0 atom stereocenters. The molecule has 7 heteroatoms. The minimum atomic E-state index is -3.55. The van der Waals surface area contributed by atoms with Gasteiger partial charge in [-0.1, -0.05) is 0 Å². The van der Waals surface area contributed by atoms with E-state index in [-0.39, 0.29) is 11.5 Å². The molecule has 0 radical (unpaired) electrons. The van der Waals surface area contributed by atoms with E-state index in [0.29, 0.717) is 0 Å². The van der Waals surface area contributed by atoms with Gasteiger partial charge in [-0.15, -0.1) is 8.78 Å². The molecule has 2 aliphatic heterocycles. The lowest BCUT2D eigenvalue weighted by atomic mass is 10.2. The lowest BCUT2D eigenvalue weighted by Crippen LogP contribution is -2.45. The Morgan fingerprint density at radius 3 is 2.62 bits per heavy atom. The van der Waals surface area contributed by atoms with E-state index in [2.05, 4.69) is 31.6 Å². The Bertz CT molecular complexity index is 505. The fourth-order valence-corrected chi connectivity index (χ4v) is 2.49. The van der Waals surface area contributed by atoms with E-state index >= 15 is 0 Å². The number of hydrogen-bond donors (Lipinski definition) is 1. The lowest BCUT2D eigenvalue weighted by Gasteiger charge is -2.32. The quantitative estimate of drug-likeness (QED) is 0.915. The van der Waals surface area contributed by atoms with Crippen LogP contribution in [0.25, 0.3) is 0 Å². The molecule has 0 aliphatic carbocycles. The van der Waals surface area contributed by atoms with Gasteiger partial charge in [-0.05, 0) is 19.2 Å². The highest BCUT2D eigenvalue weighted by Gasteiger charge is 2.43. The highest BCUT2D eigenvalue weighted by atomic mass is 19.3. The summed E-state index contributed by atoms with van der Waals surface area (Å²) in [6.07, 6.45) is -3.55. The molecule has 0 unspecified atom stereocenters.